The van der Waals surface area contributed by atoms with Gasteiger partial charge in [-0.2, -0.15) is 9.97 Å². The number of anilines is 10. The number of amides is 2. The summed E-state index contributed by atoms with van der Waals surface area (Å²) in [5, 5.41) is 30.2. The first-order valence-corrected chi connectivity index (χ1v) is 26.2. The van der Waals surface area contributed by atoms with Gasteiger partial charge in [0, 0.05) is 101 Å². The van der Waals surface area contributed by atoms with E-state index in [1.165, 1.54) is 21.9 Å². The average Bonchev–Trinajstić information content (AvgIpc) is 4.25. The number of aromatic nitrogens is 8. The van der Waals surface area contributed by atoms with Crippen LogP contribution in [0.25, 0.3) is 32.1 Å². The van der Waals surface area contributed by atoms with Crippen LogP contribution in [0, 0.1) is 6.92 Å². The van der Waals surface area contributed by atoms with E-state index in [1.807, 2.05) is 102 Å². The van der Waals surface area contributed by atoms with Crippen LogP contribution in [0.2, 0.25) is 0 Å². The van der Waals surface area contributed by atoms with Crippen molar-refractivity contribution in [2.75, 3.05) is 138 Å². The molecule has 0 saturated heterocycles. The molecule has 77 heavy (non-hydrogen) atoms. The fourth-order valence-electron chi connectivity index (χ4n) is 7.95. The maximum atomic E-state index is 12.3. The van der Waals surface area contributed by atoms with Crippen molar-refractivity contribution >= 4 is 113 Å². The van der Waals surface area contributed by atoms with Crippen molar-refractivity contribution in [1.29, 1.82) is 0 Å². The first-order chi connectivity index (χ1) is 37.0. The van der Waals surface area contributed by atoms with Gasteiger partial charge in [0.15, 0.2) is 23.3 Å². The number of likely N-dealkylation sites (N-methyl/N-ethyl adjacent to an activating group) is 4. The van der Waals surface area contributed by atoms with E-state index in [1.54, 1.807) is 49.3 Å². The van der Waals surface area contributed by atoms with Crippen molar-refractivity contribution in [1.82, 2.24) is 49.3 Å². The van der Waals surface area contributed by atoms with Gasteiger partial charge in [-0.15, -0.1) is 32.9 Å². The molecule has 8 aromatic rings. The standard InChI is InChI=1S/C27H35N9O2S.C26H33N9O2S/c1-8-17-14-18-25(28-3)33-36(26(18)39-17)23-10-11-29-27(32-23)31-20-15-19(30-24(37)9-2)21(16-22(20)38-7)35(6)13-12-34(4)5;1-8-23(36)29-18-14-19(21(37-7)15-20(18)34(6)12-11-33(4)5)30-26-28-10-9-22(31-26)35-25-17(13-16(2)38-25)24(27-3)32-35/h9-11,14-16H,2,8,12-13H2,1,3-7H3,(H,28,33)(H,30,37)(H,29,31,32);8-10,13-15H,1,11-12H2,2-7H3,(H,27,32)(H,29,36)(H,28,30,31). The van der Waals surface area contributed by atoms with Crippen LogP contribution in [0.5, 0.6) is 11.5 Å². The summed E-state index contributed by atoms with van der Waals surface area (Å²) in [5.41, 5.74) is 4.04. The summed E-state index contributed by atoms with van der Waals surface area (Å²) in [7, 11) is 18.9. The molecule has 0 fully saturated rings. The lowest BCUT2D eigenvalue weighted by Gasteiger charge is -2.26. The van der Waals surface area contributed by atoms with Crippen LogP contribution in [0.1, 0.15) is 16.7 Å². The highest BCUT2D eigenvalue weighted by atomic mass is 32.1. The van der Waals surface area contributed by atoms with Crippen LogP contribution >= 0.6 is 22.7 Å². The summed E-state index contributed by atoms with van der Waals surface area (Å²) in [6, 6.07) is 15.3. The second kappa shape index (κ2) is 25.5. The number of nitrogens with zero attached hydrogens (tertiary/aromatic N) is 12. The predicted octanol–water partition coefficient (Wildman–Crippen LogP) is 8.46. The summed E-state index contributed by atoms with van der Waals surface area (Å²) >= 11 is 3.34. The lowest BCUT2D eigenvalue weighted by atomic mass is 10.2. The van der Waals surface area contributed by atoms with E-state index < -0.39 is 0 Å². The average molecular weight is 1090 g/mol. The Bertz CT molecular complexity index is 3380. The third kappa shape index (κ3) is 13.4. The fraction of sp³-hybridized carbons (Fsp3) is 0.321. The second-order valence-corrected chi connectivity index (χ2v) is 20.4. The summed E-state index contributed by atoms with van der Waals surface area (Å²) in [4.78, 5) is 55.6. The molecule has 2 amide bonds. The Balaban J connectivity index is 0.000000224. The lowest BCUT2D eigenvalue weighted by Crippen LogP contribution is -2.29. The number of thiophene rings is 2. The van der Waals surface area contributed by atoms with Crippen molar-refractivity contribution in [2.45, 2.75) is 20.3 Å². The maximum Gasteiger partial charge on any atom is 0.247 e. The number of hydrogen-bond donors (Lipinski definition) is 6. The molecule has 406 valence electrons. The SMILES string of the molecule is C=CC(=O)Nc1cc(Nc2nccc(-n3nc(NC)c4cc(C)sc43)n2)c(OC)cc1N(C)CCN(C)C.C=CC(=O)Nc1cc(Nc2nccc(-n3nc(NC)c4cc(CC)sc43)n2)c(OC)cc1N(C)CCN(C)C. The molecule has 8 rings (SSSR count). The van der Waals surface area contributed by atoms with E-state index in [9.17, 15) is 9.59 Å². The number of hydrogen-bond acceptors (Lipinski definition) is 20. The quantitative estimate of drug-likeness (QED) is 0.0330. The van der Waals surface area contributed by atoms with E-state index >= 15 is 0 Å². The highest BCUT2D eigenvalue weighted by molar-refractivity contribution is 7.19. The first-order valence-electron chi connectivity index (χ1n) is 24.6. The molecule has 0 aliphatic carbocycles. The van der Waals surface area contributed by atoms with E-state index in [0.717, 1.165) is 76.0 Å². The zero-order valence-corrected chi connectivity index (χ0v) is 47.3. The Kier molecular flexibility index (Phi) is 18.7. The lowest BCUT2D eigenvalue weighted by molar-refractivity contribution is -0.112. The first kappa shape index (κ1) is 56.4. The third-order valence-corrected chi connectivity index (χ3v) is 14.3. The zero-order valence-electron chi connectivity index (χ0n) is 45.7. The summed E-state index contributed by atoms with van der Waals surface area (Å²) < 4.78 is 15.0. The molecule has 6 N–H and O–H groups in total. The zero-order chi connectivity index (χ0) is 55.5. The Morgan fingerprint density at radius 1 is 0.636 bits per heavy atom. The molecule has 0 atom stereocenters. The monoisotopic (exact) mass is 1080 g/mol. The number of carbonyl (C=O) groups excluding carboxylic acids is 2. The van der Waals surface area contributed by atoms with Crippen LogP contribution in [0.15, 0.2) is 86.2 Å². The van der Waals surface area contributed by atoms with Gasteiger partial charge in [0.1, 0.15) is 21.2 Å². The number of ether oxygens (including phenoxy) is 2. The number of aryl methyl sites for hydroxylation is 2. The minimum atomic E-state index is -0.309. The van der Waals surface area contributed by atoms with Crippen LogP contribution in [0.3, 0.4) is 0 Å². The highest BCUT2D eigenvalue weighted by Gasteiger charge is 2.21. The predicted molar refractivity (Wildman–Crippen MR) is 316 cm³/mol. The molecule has 0 aliphatic rings. The molecule has 0 radical (unpaired) electrons. The van der Waals surface area contributed by atoms with Gasteiger partial charge in [0.05, 0.1) is 59.1 Å². The Morgan fingerprint density at radius 3 is 1.48 bits per heavy atom. The van der Waals surface area contributed by atoms with Gasteiger partial charge in [0.25, 0.3) is 0 Å². The molecule has 22 nitrogen and oxygen atoms in total. The largest absolute Gasteiger partial charge is 0.494 e. The Morgan fingerprint density at radius 2 is 1.08 bits per heavy atom. The van der Waals surface area contributed by atoms with Gasteiger partial charge >= 0.3 is 0 Å². The minimum Gasteiger partial charge on any atom is -0.494 e. The van der Waals surface area contributed by atoms with Gasteiger partial charge < -0.3 is 61.0 Å². The van der Waals surface area contributed by atoms with Crippen LogP contribution in [-0.2, 0) is 16.0 Å². The van der Waals surface area contributed by atoms with Gasteiger partial charge in [-0.05, 0) is 78.0 Å². The van der Waals surface area contributed by atoms with Gasteiger partial charge in [-0.3, -0.25) is 9.59 Å². The van der Waals surface area contributed by atoms with Crippen molar-refractivity contribution in [3.8, 4) is 23.1 Å². The van der Waals surface area contributed by atoms with Crippen molar-refractivity contribution < 1.29 is 19.1 Å². The topological polar surface area (TPSA) is 225 Å². The third-order valence-electron chi connectivity index (χ3n) is 12.0. The molecule has 2 aromatic carbocycles. The maximum absolute atomic E-state index is 12.3. The highest BCUT2D eigenvalue weighted by Crippen LogP contribution is 2.40. The number of nitrogens with one attached hydrogen (secondary N) is 6. The van der Waals surface area contributed by atoms with E-state index in [4.69, 9.17) is 24.5 Å². The molecule has 0 saturated carbocycles. The summed E-state index contributed by atoms with van der Waals surface area (Å²) in [6.07, 6.45) is 6.79. The van der Waals surface area contributed by atoms with Crippen molar-refractivity contribution in [3.63, 3.8) is 0 Å². The normalized spacial score (nSPS) is 11.0. The van der Waals surface area contributed by atoms with E-state index in [2.05, 4.69) is 106 Å². The molecule has 0 spiro atoms. The van der Waals surface area contributed by atoms with Gasteiger partial charge in [0.2, 0.25) is 23.7 Å². The molecule has 0 bridgehead atoms. The van der Waals surface area contributed by atoms with Crippen molar-refractivity contribution in [3.05, 3.63) is 96.0 Å². The molecule has 6 aromatic heterocycles. The fourth-order valence-corrected chi connectivity index (χ4v) is 9.97. The van der Waals surface area contributed by atoms with Gasteiger partial charge in [-0.1, -0.05) is 20.1 Å². The van der Waals surface area contributed by atoms with Crippen LogP contribution in [0.4, 0.5) is 57.7 Å². The van der Waals surface area contributed by atoms with Crippen LogP contribution in [-0.4, -0.2) is 158 Å². The number of rotatable bonds is 23. The molecular formula is C53H68N18O4S2. The second-order valence-electron chi connectivity index (χ2n) is 18.1. The molecule has 24 heteroatoms. The smallest absolute Gasteiger partial charge is 0.247 e. The Hall–Kier alpha value is -8.32. The molecule has 0 unspecified atom stereocenters. The van der Waals surface area contributed by atoms with E-state index in [0.29, 0.717) is 57.8 Å². The summed E-state index contributed by atoms with van der Waals surface area (Å²) in [6.45, 7) is 14.6. The number of carbonyl (C=O) groups is 2. The minimum absolute atomic E-state index is 0.308. The van der Waals surface area contributed by atoms with Crippen LogP contribution < -0.4 is 51.2 Å². The van der Waals surface area contributed by atoms with Crippen molar-refractivity contribution in [2.24, 2.45) is 0 Å². The Labute approximate surface area is 456 Å². The van der Waals surface area contributed by atoms with E-state index in [-0.39, 0.29) is 11.8 Å². The molecule has 0 aliphatic heterocycles. The number of fused-ring (bicyclic) bond motifs is 2. The summed E-state index contributed by atoms with van der Waals surface area (Å²) in [5.74, 6) is 4.10. The number of benzene rings is 2. The molecule has 6 heterocycles. The molecular weight excluding hydrogens is 1020 g/mol. The number of methoxy groups -OCH3 is 2. The van der Waals surface area contributed by atoms with Gasteiger partial charge in [-0.25, -0.2) is 19.3 Å².